The molecule has 0 spiro atoms. The predicted octanol–water partition coefficient (Wildman–Crippen LogP) is 2.51. The highest BCUT2D eigenvalue weighted by Gasteiger charge is 2.18. The maximum atomic E-state index is 9.35. The number of aliphatic hydroxyl groups excluding tert-OH is 1. The van der Waals surface area contributed by atoms with Gasteiger partial charge in [-0.05, 0) is 31.7 Å². The van der Waals surface area contributed by atoms with E-state index in [9.17, 15) is 5.11 Å². The third kappa shape index (κ3) is 2.97. The molecule has 0 aromatic carbocycles. The number of hydrogen-bond acceptors (Lipinski definition) is 3. The molecule has 1 aliphatic rings. The first-order valence-corrected chi connectivity index (χ1v) is 6.48. The quantitative estimate of drug-likeness (QED) is 0.869. The van der Waals surface area contributed by atoms with E-state index >= 15 is 0 Å². The Morgan fingerprint density at radius 2 is 2.12 bits per heavy atom. The van der Waals surface area contributed by atoms with E-state index in [1.807, 2.05) is 6.92 Å². The van der Waals surface area contributed by atoms with Crippen LogP contribution in [0.4, 0.5) is 5.69 Å². The number of aryl methyl sites for hydroxylation is 1. The van der Waals surface area contributed by atoms with E-state index < -0.39 is 0 Å². The van der Waals surface area contributed by atoms with Gasteiger partial charge in [0.15, 0.2) is 0 Å². The minimum atomic E-state index is 0.0671. The summed E-state index contributed by atoms with van der Waals surface area (Å²) in [6, 6.07) is 2.07. The lowest BCUT2D eigenvalue weighted by Crippen LogP contribution is -2.25. The van der Waals surface area contributed by atoms with Crippen LogP contribution < -0.4 is 4.90 Å². The van der Waals surface area contributed by atoms with Crippen LogP contribution in [0.15, 0.2) is 12.3 Å². The Labute approximate surface area is 103 Å². The Bertz CT molecular complexity index is 372. The summed E-state index contributed by atoms with van der Waals surface area (Å²) in [7, 11) is 2.12. The lowest BCUT2D eigenvalue weighted by Gasteiger charge is -2.25. The number of anilines is 1. The molecular weight excluding hydrogens is 212 g/mol. The Balaban J connectivity index is 2.11. The zero-order valence-electron chi connectivity index (χ0n) is 10.8. The van der Waals surface area contributed by atoms with Crippen molar-refractivity contribution in [1.82, 2.24) is 4.98 Å². The molecule has 3 heteroatoms. The zero-order valence-corrected chi connectivity index (χ0v) is 10.8. The first kappa shape index (κ1) is 12.4. The molecule has 1 saturated carbocycles. The maximum absolute atomic E-state index is 9.35. The minimum Gasteiger partial charge on any atom is -0.392 e. The largest absolute Gasteiger partial charge is 0.392 e. The highest BCUT2D eigenvalue weighted by molar-refractivity contribution is 5.52. The van der Waals surface area contributed by atoms with E-state index in [0.717, 1.165) is 29.4 Å². The molecule has 0 amide bonds. The second-order valence-corrected chi connectivity index (χ2v) is 5.14. The van der Waals surface area contributed by atoms with Crippen LogP contribution in [-0.2, 0) is 6.61 Å². The lowest BCUT2D eigenvalue weighted by atomic mass is 10.1. The first-order chi connectivity index (χ1) is 8.20. The van der Waals surface area contributed by atoms with Gasteiger partial charge in [-0.2, -0.15) is 0 Å². The van der Waals surface area contributed by atoms with Gasteiger partial charge in [-0.3, -0.25) is 4.98 Å². The van der Waals surface area contributed by atoms with Crippen LogP contribution in [0.2, 0.25) is 0 Å². The molecule has 0 radical (unpaired) electrons. The third-order valence-electron chi connectivity index (χ3n) is 3.69. The van der Waals surface area contributed by atoms with Crippen molar-refractivity contribution in [2.24, 2.45) is 5.92 Å². The van der Waals surface area contributed by atoms with Gasteiger partial charge in [-0.25, -0.2) is 0 Å². The van der Waals surface area contributed by atoms with Gasteiger partial charge in [0.2, 0.25) is 0 Å². The number of pyridine rings is 1. The fourth-order valence-electron chi connectivity index (χ4n) is 2.73. The van der Waals surface area contributed by atoms with E-state index in [4.69, 9.17) is 0 Å². The molecular formula is C14H22N2O. The maximum Gasteiger partial charge on any atom is 0.0717 e. The average molecular weight is 234 g/mol. The van der Waals surface area contributed by atoms with E-state index in [1.54, 1.807) is 6.20 Å². The third-order valence-corrected chi connectivity index (χ3v) is 3.69. The van der Waals surface area contributed by atoms with Crippen LogP contribution in [0.5, 0.6) is 0 Å². The summed E-state index contributed by atoms with van der Waals surface area (Å²) in [5.41, 5.74) is 3.07. The summed E-state index contributed by atoms with van der Waals surface area (Å²) < 4.78 is 0. The van der Waals surface area contributed by atoms with Gasteiger partial charge in [-0.1, -0.05) is 12.8 Å². The van der Waals surface area contributed by atoms with Crippen LogP contribution in [0.3, 0.4) is 0 Å². The van der Waals surface area contributed by atoms with Gasteiger partial charge in [-0.15, -0.1) is 0 Å². The summed E-state index contributed by atoms with van der Waals surface area (Å²) >= 11 is 0. The van der Waals surface area contributed by atoms with Gasteiger partial charge < -0.3 is 10.0 Å². The average Bonchev–Trinajstić information content (AvgIpc) is 2.81. The normalized spacial score (nSPS) is 16.4. The van der Waals surface area contributed by atoms with Gasteiger partial charge in [0.25, 0.3) is 0 Å². The minimum absolute atomic E-state index is 0.0671. The van der Waals surface area contributed by atoms with Crippen molar-refractivity contribution in [2.75, 3.05) is 18.5 Å². The molecule has 94 valence electrons. The molecule has 1 N–H and O–H groups in total. The molecule has 0 bridgehead atoms. The van der Waals surface area contributed by atoms with E-state index in [0.29, 0.717) is 0 Å². The van der Waals surface area contributed by atoms with Crippen LogP contribution >= 0.6 is 0 Å². The van der Waals surface area contributed by atoms with Gasteiger partial charge in [0.1, 0.15) is 0 Å². The fourth-order valence-corrected chi connectivity index (χ4v) is 2.73. The van der Waals surface area contributed by atoms with Gasteiger partial charge >= 0.3 is 0 Å². The molecule has 1 aromatic rings. The highest BCUT2D eigenvalue weighted by Crippen LogP contribution is 2.28. The topological polar surface area (TPSA) is 36.4 Å². The standard InChI is InChI=1S/C14H22N2O/c1-11-7-14(13(10-17)8-15-11)16(2)9-12-5-3-4-6-12/h7-8,12,17H,3-6,9-10H2,1-2H3. The van der Waals surface area contributed by atoms with Crippen molar-refractivity contribution in [3.63, 3.8) is 0 Å². The fraction of sp³-hybridized carbons (Fsp3) is 0.643. The molecule has 0 aliphatic heterocycles. The van der Waals surface area contributed by atoms with Crippen molar-refractivity contribution in [3.8, 4) is 0 Å². The van der Waals surface area contributed by atoms with Crippen molar-refractivity contribution >= 4 is 5.69 Å². The molecule has 17 heavy (non-hydrogen) atoms. The number of aliphatic hydroxyl groups is 1. The number of aromatic nitrogens is 1. The predicted molar refractivity (Wildman–Crippen MR) is 70.1 cm³/mol. The Morgan fingerprint density at radius 3 is 2.76 bits per heavy atom. The molecule has 1 aliphatic carbocycles. The van der Waals surface area contributed by atoms with Crippen molar-refractivity contribution in [1.29, 1.82) is 0 Å². The van der Waals surface area contributed by atoms with Crippen molar-refractivity contribution < 1.29 is 5.11 Å². The van der Waals surface area contributed by atoms with Crippen molar-refractivity contribution in [3.05, 3.63) is 23.5 Å². The molecule has 1 aromatic heterocycles. The second-order valence-electron chi connectivity index (χ2n) is 5.14. The molecule has 0 atom stereocenters. The lowest BCUT2D eigenvalue weighted by molar-refractivity contribution is 0.281. The van der Waals surface area contributed by atoms with Gasteiger partial charge in [0.05, 0.1) is 6.61 Å². The number of nitrogens with zero attached hydrogens (tertiary/aromatic N) is 2. The van der Waals surface area contributed by atoms with E-state index in [1.165, 1.54) is 25.7 Å². The molecule has 2 rings (SSSR count). The number of hydrogen-bond donors (Lipinski definition) is 1. The van der Waals surface area contributed by atoms with Crippen LogP contribution in [0.1, 0.15) is 36.9 Å². The van der Waals surface area contributed by atoms with Crippen molar-refractivity contribution in [2.45, 2.75) is 39.2 Å². The van der Waals surface area contributed by atoms with E-state index in [-0.39, 0.29) is 6.61 Å². The van der Waals surface area contributed by atoms with Gasteiger partial charge in [0, 0.05) is 36.7 Å². The highest BCUT2D eigenvalue weighted by atomic mass is 16.3. The smallest absolute Gasteiger partial charge is 0.0717 e. The summed E-state index contributed by atoms with van der Waals surface area (Å²) in [6.07, 6.45) is 7.24. The number of rotatable bonds is 4. The summed E-state index contributed by atoms with van der Waals surface area (Å²) in [5, 5.41) is 9.35. The Morgan fingerprint density at radius 1 is 1.41 bits per heavy atom. The van der Waals surface area contributed by atoms with Crippen LogP contribution in [-0.4, -0.2) is 23.7 Å². The molecule has 1 fully saturated rings. The van der Waals surface area contributed by atoms with E-state index in [2.05, 4.69) is 23.0 Å². The van der Waals surface area contributed by atoms with Crippen LogP contribution in [0.25, 0.3) is 0 Å². The SMILES string of the molecule is Cc1cc(N(C)CC2CCCC2)c(CO)cn1. The Hall–Kier alpha value is -1.09. The summed E-state index contributed by atoms with van der Waals surface area (Å²) in [6.45, 7) is 3.15. The summed E-state index contributed by atoms with van der Waals surface area (Å²) in [4.78, 5) is 6.51. The molecule has 3 nitrogen and oxygen atoms in total. The first-order valence-electron chi connectivity index (χ1n) is 6.48. The zero-order chi connectivity index (χ0) is 12.3. The molecule has 0 saturated heterocycles. The molecule has 0 unspecified atom stereocenters. The van der Waals surface area contributed by atoms with Crippen LogP contribution in [0, 0.1) is 12.8 Å². The monoisotopic (exact) mass is 234 g/mol. The molecule has 1 heterocycles. The summed E-state index contributed by atoms with van der Waals surface area (Å²) in [5.74, 6) is 0.819. The second kappa shape index (κ2) is 5.50. The Kier molecular flexibility index (Phi) is 4.00.